The topological polar surface area (TPSA) is 169 Å². The lowest BCUT2D eigenvalue weighted by molar-refractivity contribution is -0.186. The van der Waals surface area contributed by atoms with Gasteiger partial charge in [0.15, 0.2) is 40.0 Å². The second-order valence-electron chi connectivity index (χ2n) is 14.9. The number of hydrogen-bond donors (Lipinski definition) is 4. The third-order valence-electron chi connectivity index (χ3n) is 12.3. The summed E-state index contributed by atoms with van der Waals surface area (Å²) in [6.07, 6.45) is -0.0282. The van der Waals surface area contributed by atoms with Gasteiger partial charge in [0.2, 0.25) is 6.79 Å². The summed E-state index contributed by atoms with van der Waals surface area (Å²) in [6.45, 7) is 5.26. The molecule has 1 spiro atoms. The number of aliphatic hydroxyl groups is 1. The van der Waals surface area contributed by atoms with Crippen molar-refractivity contribution in [2.75, 3.05) is 47.0 Å². The molecule has 1 unspecified atom stereocenters. The molecule has 2 saturated heterocycles. The summed E-state index contributed by atoms with van der Waals surface area (Å²) in [7, 11) is 4.96. The summed E-state index contributed by atoms with van der Waals surface area (Å²) in [5, 5.41) is 38.2. The van der Waals surface area contributed by atoms with E-state index in [4.69, 9.17) is 28.4 Å². The van der Waals surface area contributed by atoms with Crippen LogP contribution in [0.4, 0.5) is 0 Å². The van der Waals surface area contributed by atoms with E-state index in [1.54, 1.807) is 12.1 Å². The predicted octanol–water partition coefficient (Wildman–Crippen LogP) is 3.41. The molecule has 0 saturated carbocycles. The van der Waals surface area contributed by atoms with Crippen LogP contribution in [0.5, 0.6) is 40.2 Å². The third-order valence-corrected chi connectivity index (χ3v) is 13.7. The van der Waals surface area contributed by atoms with E-state index in [9.17, 15) is 24.9 Å². The highest BCUT2D eigenvalue weighted by atomic mass is 32.2. The van der Waals surface area contributed by atoms with Gasteiger partial charge in [0.25, 0.3) is 0 Å². The average molecular weight is 762 g/mol. The highest BCUT2D eigenvalue weighted by molar-refractivity contribution is 7.99. The van der Waals surface area contributed by atoms with E-state index < -0.39 is 47.1 Å². The summed E-state index contributed by atoms with van der Waals surface area (Å²) < 4.78 is 35.9. The fourth-order valence-corrected chi connectivity index (χ4v) is 11.7. The van der Waals surface area contributed by atoms with Gasteiger partial charge >= 0.3 is 11.9 Å². The maximum Gasteiger partial charge on any atom is 0.331 e. The Morgan fingerprint density at radius 2 is 1.80 bits per heavy atom. The normalized spacial score (nSPS) is 29.4. The Balaban J connectivity index is 1.32. The largest absolute Gasteiger partial charge is 0.504 e. The van der Waals surface area contributed by atoms with Crippen LogP contribution in [0.1, 0.15) is 68.8 Å². The summed E-state index contributed by atoms with van der Waals surface area (Å²) in [4.78, 5) is 31.7. The summed E-state index contributed by atoms with van der Waals surface area (Å²) >= 11 is 1.47. The number of methoxy groups -OCH3 is 2. The molecule has 7 aliphatic heterocycles. The molecule has 0 amide bonds. The number of carbonyl (C=O) groups is 2. The molecule has 286 valence electrons. The van der Waals surface area contributed by atoms with Gasteiger partial charge < -0.3 is 43.7 Å². The van der Waals surface area contributed by atoms with Crippen molar-refractivity contribution in [1.82, 2.24) is 15.1 Å². The number of aromatic hydroxyl groups is 2. The summed E-state index contributed by atoms with van der Waals surface area (Å²) in [5.41, 5.74) is 4.36. The van der Waals surface area contributed by atoms with E-state index in [-0.39, 0.29) is 42.4 Å². The predicted molar refractivity (Wildman–Crippen MR) is 195 cm³/mol. The Bertz CT molecular complexity index is 2130. The van der Waals surface area contributed by atoms with Crippen LogP contribution in [0.15, 0.2) is 18.2 Å². The maximum absolute atomic E-state index is 14.7. The van der Waals surface area contributed by atoms with Gasteiger partial charge in [-0.2, -0.15) is 0 Å². The summed E-state index contributed by atoms with van der Waals surface area (Å²) in [5.74, 6) is 0.949. The van der Waals surface area contributed by atoms with Crippen LogP contribution in [0, 0.1) is 13.8 Å². The molecular formula is C39H43N3O11S. The number of carbonyl (C=O) groups excluding carboxylic acids is 2. The van der Waals surface area contributed by atoms with Crippen LogP contribution in [0.2, 0.25) is 0 Å². The lowest BCUT2D eigenvalue weighted by Crippen LogP contribution is -2.70. The molecule has 0 aliphatic carbocycles. The van der Waals surface area contributed by atoms with Gasteiger partial charge in [-0.25, -0.2) is 4.79 Å². The van der Waals surface area contributed by atoms with Crippen LogP contribution in [0.25, 0.3) is 0 Å². The number of benzene rings is 3. The first-order chi connectivity index (χ1) is 25.9. The van der Waals surface area contributed by atoms with E-state index in [2.05, 4.69) is 10.2 Å². The van der Waals surface area contributed by atoms with Gasteiger partial charge in [0.05, 0.1) is 37.6 Å². The third kappa shape index (κ3) is 4.74. The number of nitrogens with one attached hydrogen (secondary N) is 1. The molecular weight excluding hydrogens is 719 g/mol. The fraction of sp³-hybridized carbons (Fsp3) is 0.487. The Morgan fingerprint density at radius 3 is 2.54 bits per heavy atom. The Hall–Kier alpha value is -4.41. The van der Waals surface area contributed by atoms with Crippen LogP contribution >= 0.6 is 11.8 Å². The zero-order chi connectivity index (χ0) is 38.0. The number of esters is 2. The lowest BCUT2D eigenvalue weighted by atomic mass is 9.73. The Kier molecular flexibility index (Phi) is 8.21. The smallest absolute Gasteiger partial charge is 0.331 e. The minimum Gasteiger partial charge on any atom is -0.504 e. The van der Waals surface area contributed by atoms with E-state index in [1.807, 2.05) is 31.9 Å². The van der Waals surface area contributed by atoms with E-state index >= 15 is 0 Å². The molecule has 3 aromatic carbocycles. The van der Waals surface area contributed by atoms with Crippen molar-refractivity contribution < 1.29 is 53.3 Å². The number of fused-ring (bicyclic) bond motifs is 9. The molecule has 15 heteroatoms. The molecule has 3 aromatic rings. The maximum atomic E-state index is 14.7. The molecule has 4 N–H and O–H groups in total. The zero-order valence-electron chi connectivity index (χ0n) is 30.8. The van der Waals surface area contributed by atoms with Crippen molar-refractivity contribution in [3.63, 3.8) is 0 Å². The van der Waals surface area contributed by atoms with Crippen molar-refractivity contribution in [3.8, 4) is 40.2 Å². The van der Waals surface area contributed by atoms with Crippen LogP contribution < -0.4 is 29.0 Å². The number of phenolic OH excluding ortho intramolecular Hbond substituents is 2. The molecule has 54 heavy (non-hydrogen) atoms. The monoisotopic (exact) mass is 761 g/mol. The molecule has 10 rings (SSSR count). The van der Waals surface area contributed by atoms with Crippen molar-refractivity contribution in [2.45, 2.75) is 74.8 Å². The molecule has 7 aliphatic rings. The molecule has 14 nitrogen and oxygen atoms in total. The number of piperazine rings is 1. The molecule has 2 fully saturated rings. The number of likely N-dealkylation sites (N-methyl/N-ethyl adjacent to an activating group) is 1. The number of nitrogens with zero attached hydrogens (tertiary/aromatic N) is 2. The summed E-state index contributed by atoms with van der Waals surface area (Å²) in [6, 6.07) is 3.13. The zero-order valence-corrected chi connectivity index (χ0v) is 31.7. The molecule has 7 atom stereocenters. The van der Waals surface area contributed by atoms with Crippen molar-refractivity contribution in [3.05, 3.63) is 62.7 Å². The number of aryl methyl sites for hydroxylation is 1. The van der Waals surface area contributed by atoms with Gasteiger partial charge in [0, 0.05) is 47.5 Å². The van der Waals surface area contributed by atoms with E-state index in [1.165, 1.54) is 32.9 Å². The number of aliphatic hydroxyl groups excluding tert-OH is 1. The first-order valence-corrected chi connectivity index (χ1v) is 19.1. The van der Waals surface area contributed by atoms with Crippen LogP contribution in [0.3, 0.4) is 0 Å². The molecule has 0 aromatic heterocycles. The standard InChI is InChI=1S/C39H43N3O11S/c1-16-9-20-10-22-37(46)42-23-13-50-38(47)39(21-12-25(48-5)24(44)11-19(21)7-8-40-39)14-54-36(30(42)29(41(22)4)26(20)31(45)32(16)49-6)28-27(23)35-34(51-15-52-35)17(2)33(28)53-18(3)43/h9,11-12,22-23,29-30,36-37,40,44-46H,7-8,10,13-15H2,1-6H3/t22-,23-,29?,30+,36+,37-,39+/m0/s1. The SMILES string of the molecule is COc1cc2c(cc1O)CCN[C@]21CS[C@@H]2c3c(OC(C)=O)c(C)c4c(c3[C@H](COC1=O)N1[C@@H]2C2c3c(cc(C)c(OC)c3O)C[C@@H]([C@@H]1O)N2C)OCO4. The first-order valence-electron chi connectivity index (χ1n) is 18.1. The minimum absolute atomic E-state index is 0.0226. The fourth-order valence-electron chi connectivity index (χ4n) is 10.00. The lowest BCUT2D eigenvalue weighted by Gasteiger charge is -2.62. The van der Waals surface area contributed by atoms with Gasteiger partial charge in [-0.3, -0.25) is 19.9 Å². The number of hydrogen-bond acceptors (Lipinski definition) is 15. The number of ether oxygens (including phenoxy) is 6. The van der Waals surface area contributed by atoms with Gasteiger partial charge in [0.1, 0.15) is 18.6 Å². The van der Waals surface area contributed by atoms with E-state index in [0.717, 1.165) is 16.7 Å². The number of rotatable bonds is 3. The van der Waals surface area contributed by atoms with Crippen molar-refractivity contribution >= 4 is 23.7 Å². The highest BCUT2D eigenvalue weighted by Gasteiger charge is 2.61. The Morgan fingerprint density at radius 1 is 1.02 bits per heavy atom. The Labute approximate surface area is 316 Å². The molecule has 4 bridgehead atoms. The van der Waals surface area contributed by atoms with Crippen LogP contribution in [-0.4, -0.2) is 102 Å². The molecule has 0 radical (unpaired) electrons. The number of thioether (sulfide) groups is 1. The van der Waals surface area contributed by atoms with Gasteiger partial charge in [-0.1, -0.05) is 6.07 Å². The second-order valence-corrected chi connectivity index (χ2v) is 16.1. The van der Waals surface area contributed by atoms with E-state index in [0.29, 0.717) is 70.2 Å². The number of phenols is 2. The average Bonchev–Trinajstić information content (AvgIpc) is 3.63. The molecule has 7 heterocycles. The second kappa shape index (κ2) is 12.6. The minimum atomic E-state index is -1.36. The van der Waals surface area contributed by atoms with Gasteiger partial charge in [-0.15, -0.1) is 11.8 Å². The van der Waals surface area contributed by atoms with Gasteiger partial charge in [-0.05, 0) is 68.1 Å². The van der Waals surface area contributed by atoms with Crippen molar-refractivity contribution in [2.24, 2.45) is 0 Å². The van der Waals surface area contributed by atoms with Crippen LogP contribution in [-0.2, 0) is 32.7 Å². The highest BCUT2D eigenvalue weighted by Crippen LogP contribution is 2.64. The quantitative estimate of drug-likeness (QED) is 0.226. The first kappa shape index (κ1) is 35.3. The van der Waals surface area contributed by atoms with Crippen molar-refractivity contribution in [1.29, 1.82) is 0 Å².